The van der Waals surface area contributed by atoms with Crippen LogP contribution in [0.3, 0.4) is 0 Å². The van der Waals surface area contributed by atoms with E-state index in [0.29, 0.717) is 24.0 Å². The lowest BCUT2D eigenvalue weighted by molar-refractivity contribution is -0.132. The summed E-state index contributed by atoms with van der Waals surface area (Å²) in [5.74, 6) is -2.62. The van der Waals surface area contributed by atoms with Crippen LogP contribution >= 0.6 is 0 Å². The number of nitrogens with one attached hydrogen (secondary N) is 2. The average molecular weight is 725 g/mol. The molecule has 2 aliphatic rings. The fraction of sp³-hybridized carbons (Fsp3) is 0.523. The van der Waals surface area contributed by atoms with E-state index < -0.39 is 23.7 Å². The monoisotopic (exact) mass is 724 g/mol. The van der Waals surface area contributed by atoms with Crippen molar-refractivity contribution in [3.05, 3.63) is 94.5 Å². The van der Waals surface area contributed by atoms with E-state index in [-0.39, 0.29) is 36.1 Å². The number of carbonyl (C=O) groups excluding carboxylic acids is 2. The third-order valence-electron chi connectivity index (χ3n) is 10.6. The van der Waals surface area contributed by atoms with E-state index in [9.17, 15) is 19.5 Å². The first-order chi connectivity index (χ1) is 25.6. The number of para-hydroxylation sites is 2. The minimum atomic E-state index is -1.23. The maximum absolute atomic E-state index is 14.8. The Bertz CT molecular complexity index is 1590. The molecule has 0 aromatic heterocycles. The molecular formula is C44H60N4O5. The lowest BCUT2D eigenvalue weighted by atomic mass is 9.89. The summed E-state index contributed by atoms with van der Waals surface area (Å²) in [6.45, 7) is 12.5. The molecule has 0 aliphatic carbocycles. The van der Waals surface area contributed by atoms with E-state index in [1.807, 2.05) is 12.1 Å². The van der Waals surface area contributed by atoms with Crippen molar-refractivity contribution in [3.8, 4) is 0 Å². The van der Waals surface area contributed by atoms with Crippen molar-refractivity contribution in [1.29, 1.82) is 0 Å². The summed E-state index contributed by atoms with van der Waals surface area (Å²) in [5.41, 5.74) is 5.26. The fourth-order valence-corrected chi connectivity index (χ4v) is 8.09. The molecule has 3 aromatic rings. The third-order valence-corrected chi connectivity index (χ3v) is 10.6. The zero-order valence-corrected chi connectivity index (χ0v) is 32.4. The van der Waals surface area contributed by atoms with Crippen molar-refractivity contribution < 1.29 is 24.2 Å². The topological polar surface area (TPSA) is 111 Å². The summed E-state index contributed by atoms with van der Waals surface area (Å²) in [7, 11) is 1.50. The number of anilines is 2. The van der Waals surface area contributed by atoms with Gasteiger partial charge in [0.1, 0.15) is 5.92 Å². The molecule has 2 atom stereocenters. The highest BCUT2D eigenvalue weighted by atomic mass is 16.5. The summed E-state index contributed by atoms with van der Waals surface area (Å²) in [4.78, 5) is 46.7. The van der Waals surface area contributed by atoms with Crippen LogP contribution in [0, 0.1) is 11.8 Å². The van der Waals surface area contributed by atoms with Crippen LogP contribution in [0.4, 0.5) is 11.4 Å². The van der Waals surface area contributed by atoms with Gasteiger partial charge in [-0.1, -0.05) is 76.2 Å². The van der Waals surface area contributed by atoms with E-state index >= 15 is 0 Å². The Kier molecular flexibility index (Phi) is 14.4. The Morgan fingerprint density at radius 3 is 1.55 bits per heavy atom. The SMILES string of the molecule is COCc1cc(C(C(=O)N[C@H](CC(C)C)c2ccccc2N2CCCCC2)C(=O)N[C@H](CC(C)C)c2ccccc2N2CCCCC2)ccc1C(=O)O. The summed E-state index contributed by atoms with van der Waals surface area (Å²) in [6.07, 6.45) is 8.34. The number of nitrogens with zero attached hydrogens (tertiary/aromatic N) is 2. The quantitative estimate of drug-likeness (QED) is 0.127. The van der Waals surface area contributed by atoms with Gasteiger partial charge in [0, 0.05) is 44.7 Å². The molecule has 2 aliphatic heterocycles. The second kappa shape index (κ2) is 19.1. The summed E-state index contributed by atoms with van der Waals surface area (Å²) in [6, 6.07) is 20.7. The number of piperidine rings is 2. The fourth-order valence-electron chi connectivity index (χ4n) is 8.09. The number of carboxylic acids is 1. The first-order valence-electron chi connectivity index (χ1n) is 19.7. The number of carboxylic acid groups (broad SMARTS) is 1. The first-order valence-corrected chi connectivity index (χ1v) is 19.7. The van der Waals surface area contributed by atoms with Gasteiger partial charge in [-0.25, -0.2) is 4.79 Å². The highest BCUT2D eigenvalue weighted by Gasteiger charge is 2.35. The second-order valence-electron chi connectivity index (χ2n) is 15.7. The zero-order valence-electron chi connectivity index (χ0n) is 32.4. The van der Waals surface area contributed by atoms with Gasteiger partial charge in [0.15, 0.2) is 0 Å². The molecule has 286 valence electrons. The molecule has 2 fully saturated rings. The van der Waals surface area contributed by atoms with Crippen LogP contribution in [0.15, 0.2) is 66.7 Å². The highest BCUT2D eigenvalue weighted by Crippen LogP contribution is 2.35. The van der Waals surface area contributed by atoms with Crippen molar-refractivity contribution in [1.82, 2.24) is 10.6 Å². The number of methoxy groups -OCH3 is 1. The lowest BCUT2D eigenvalue weighted by Gasteiger charge is -2.34. The van der Waals surface area contributed by atoms with Gasteiger partial charge in [-0.05, 0) is 104 Å². The zero-order chi connectivity index (χ0) is 37.9. The highest BCUT2D eigenvalue weighted by molar-refractivity contribution is 6.06. The maximum Gasteiger partial charge on any atom is 0.336 e. The molecule has 0 saturated carbocycles. The van der Waals surface area contributed by atoms with Crippen molar-refractivity contribution >= 4 is 29.2 Å². The molecule has 9 nitrogen and oxygen atoms in total. The van der Waals surface area contributed by atoms with Gasteiger partial charge in [0.05, 0.1) is 24.3 Å². The molecule has 0 bridgehead atoms. The van der Waals surface area contributed by atoms with Gasteiger partial charge in [-0.15, -0.1) is 0 Å². The van der Waals surface area contributed by atoms with Crippen LogP contribution in [0.25, 0.3) is 0 Å². The molecule has 3 N–H and O–H groups in total. The molecular weight excluding hydrogens is 665 g/mol. The van der Waals surface area contributed by atoms with Crippen LogP contribution in [0.2, 0.25) is 0 Å². The molecule has 2 heterocycles. The van der Waals surface area contributed by atoms with Crippen molar-refractivity contribution in [3.63, 3.8) is 0 Å². The smallest absolute Gasteiger partial charge is 0.336 e. The molecule has 53 heavy (non-hydrogen) atoms. The number of hydrogen-bond acceptors (Lipinski definition) is 6. The summed E-state index contributed by atoms with van der Waals surface area (Å²) < 4.78 is 5.37. The largest absolute Gasteiger partial charge is 0.478 e. The van der Waals surface area contributed by atoms with Crippen molar-refractivity contribution in [2.45, 2.75) is 104 Å². The number of hydrogen-bond donors (Lipinski definition) is 3. The minimum absolute atomic E-state index is 0.0315. The van der Waals surface area contributed by atoms with E-state index in [4.69, 9.17) is 4.74 Å². The van der Waals surface area contributed by atoms with Crippen LogP contribution < -0.4 is 20.4 Å². The normalized spacial score (nSPS) is 16.2. The Hall–Kier alpha value is -4.37. The lowest BCUT2D eigenvalue weighted by Crippen LogP contribution is -2.43. The first kappa shape index (κ1) is 39.8. The van der Waals surface area contributed by atoms with Crippen LogP contribution in [0.5, 0.6) is 0 Å². The number of amides is 2. The van der Waals surface area contributed by atoms with E-state index in [1.54, 1.807) is 12.1 Å². The number of rotatable bonds is 16. The molecule has 2 saturated heterocycles. The molecule has 9 heteroatoms. The van der Waals surface area contributed by atoms with Gasteiger partial charge in [0.2, 0.25) is 11.8 Å². The maximum atomic E-state index is 14.8. The minimum Gasteiger partial charge on any atom is -0.478 e. The predicted octanol–water partition coefficient (Wildman–Crippen LogP) is 8.40. The number of aromatic carboxylic acids is 1. The Morgan fingerprint density at radius 1 is 0.679 bits per heavy atom. The van der Waals surface area contributed by atoms with Gasteiger partial charge in [-0.2, -0.15) is 0 Å². The van der Waals surface area contributed by atoms with Crippen LogP contribution in [0.1, 0.15) is 130 Å². The van der Waals surface area contributed by atoms with Crippen LogP contribution in [-0.4, -0.2) is 56.2 Å². The summed E-state index contributed by atoms with van der Waals surface area (Å²) in [5, 5.41) is 16.6. The second-order valence-corrected chi connectivity index (χ2v) is 15.7. The predicted molar refractivity (Wildman–Crippen MR) is 213 cm³/mol. The van der Waals surface area contributed by atoms with Gasteiger partial charge in [-0.3, -0.25) is 9.59 Å². The van der Waals surface area contributed by atoms with Crippen LogP contribution in [-0.2, 0) is 20.9 Å². The molecule has 0 unspecified atom stereocenters. The Balaban J connectivity index is 1.55. The summed E-state index contributed by atoms with van der Waals surface area (Å²) >= 11 is 0. The van der Waals surface area contributed by atoms with Gasteiger partial charge in [0.25, 0.3) is 0 Å². The number of benzene rings is 3. The van der Waals surface area contributed by atoms with Crippen molar-refractivity contribution in [2.75, 3.05) is 43.1 Å². The molecule has 2 amide bonds. The number of carbonyl (C=O) groups is 3. The standard InChI is InChI=1S/C44H60N4O5/c1-30(2)26-37(35-16-8-10-18-39(35)47-22-12-6-13-23-47)45-42(49)41(32-20-21-34(44(51)52)33(28-32)29-53-5)43(50)46-38(27-31(3)4)36-17-9-11-19-40(36)48-24-14-7-15-25-48/h8-11,16-21,28,30-31,37-38,41H,6-7,12-15,22-27,29H2,1-5H3,(H,45,49)(H,46,50)(H,51,52)/t37-,38-/m1/s1. The third kappa shape index (κ3) is 10.4. The number of ether oxygens (including phenoxy) is 1. The van der Waals surface area contributed by atoms with E-state index in [2.05, 4.69) is 84.5 Å². The molecule has 0 spiro atoms. The Labute approximate surface area is 316 Å². The Morgan fingerprint density at radius 2 is 1.13 bits per heavy atom. The van der Waals surface area contributed by atoms with Gasteiger partial charge >= 0.3 is 5.97 Å². The molecule has 3 aromatic carbocycles. The molecule has 5 rings (SSSR count). The van der Waals surface area contributed by atoms with E-state index in [0.717, 1.165) is 74.4 Å². The van der Waals surface area contributed by atoms with Gasteiger partial charge < -0.3 is 30.3 Å². The molecule has 0 radical (unpaired) electrons. The van der Waals surface area contributed by atoms with Crippen molar-refractivity contribution in [2.24, 2.45) is 11.8 Å². The average Bonchev–Trinajstić information content (AvgIpc) is 3.15. The van der Waals surface area contributed by atoms with E-state index in [1.165, 1.54) is 26.0 Å².